The van der Waals surface area contributed by atoms with E-state index < -0.39 is 98.3 Å². The molecule has 1 saturated carbocycles. The molecular formula is C18H37N5O10. The number of aliphatic hydroxyl groups excluding tert-OH is 6. The van der Waals surface area contributed by atoms with Gasteiger partial charge < -0.3 is 78.3 Å². The van der Waals surface area contributed by atoms with Gasteiger partial charge in [0.1, 0.15) is 54.9 Å². The van der Waals surface area contributed by atoms with Gasteiger partial charge in [0.15, 0.2) is 12.6 Å². The summed E-state index contributed by atoms with van der Waals surface area (Å²) in [4.78, 5) is 0. The fraction of sp³-hybridized carbons (Fsp3) is 1.00. The molecule has 2 heterocycles. The molecule has 7 unspecified atom stereocenters. The van der Waals surface area contributed by atoms with Gasteiger partial charge in [-0.15, -0.1) is 0 Å². The molecule has 0 bridgehead atoms. The molecule has 3 aliphatic rings. The van der Waals surface area contributed by atoms with Crippen LogP contribution in [-0.2, 0) is 18.9 Å². The van der Waals surface area contributed by atoms with Crippen LogP contribution in [0.4, 0.5) is 0 Å². The highest BCUT2D eigenvalue weighted by Crippen LogP contribution is 2.30. The average Bonchev–Trinajstić information content (AvgIpc) is 2.79. The smallest absolute Gasteiger partial charge is 0.186 e. The lowest BCUT2D eigenvalue weighted by Gasteiger charge is -2.48. The van der Waals surface area contributed by atoms with E-state index in [0.717, 1.165) is 0 Å². The Morgan fingerprint density at radius 3 is 1.76 bits per heavy atom. The van der Waals surface area contributed by atoms with Crippen molar-refractivity contribution in [1.29, 1.82) is 0 Å². The zero-order chi connectivity index (χ0) is 24.6. The van der Waals surface area contributed by atoms with Crippen LogP contribution in [0.25, 0.3) is 0 Å². The van der Waals surface area contributed by atoms with Crippen LogP contribution in [0.3, 0.4) is 0 Å². The van der Waals surface area contributed by atoms with Crippen molar-refractivity contribution in [2.45, 2.75) is 98.1 Å². The summed E-state index contributed by atoms with van der Waals surface area (Å²) < 4.78 is 22.5. The monoisotopic (exact) mass is 483 g/mol. The van der Waals surface area contributed by atoms with Crippen LogP contribution >= 0.6 is 0 Å². The van der Waals surface area contributed by atoms with E-state index in [4.69, 9.17) is 47.6 Å². The van der Waals surface area contributed by atoms with Gasteiger partial charge in [0.2, 0.25) is 0 Å². The van der Waals surface area contributed by atoms with Gasteiger partial charge in [-0.1, -0.05) is 0 Å². The first-order chi connectivity index (χ1) is 15.5. The minimum absolute atomic E-state index is 0.115. The third-order valence-electron chi connectivity index (χ3n) is 6.56. The van der Waals surface area contributed by atoms with E-state index in [1.807, 2.05) is 0 Å². The van der Waals surface area contributed by atoms with Crippen molar-refractivity contribution in [3.8, 4) is 0 Å². The number of rotatable bonds is 6. The molecule has 16 N–H and O–H groups in total. The van der Waals surface area contributed by atoms with Crippen molar-refractivity contribution in [1.82, 2.24) is 0 Å². The molecular weight excluding hydrogens is 446 g/mol. The lowest BCUT2D eigenvalue weighted by molar-refractivity contribution is -0.318. The van der Waals surface area contributed by atoms with E-state index in [1.165, 1.54) is 0 Å². The molecule has 15 atom stereocenters. The van der Waals surface area contributed by atoms with Crippen molar-refractivity contribution >= 4 is 0 Å². The molecule has 0 radical (unpaired) electrons. The molecule has 0 amide bonds. The number of nitrogens with two attached hydrogens (primary N) is 5. The minimum atomic E-state index is -1.48. The highest BCUT2D eigenvalue weighted by atomic mass is 16.7. The summed E-state index contributed by atoms with van der Waals surface area (Å²) in [7, 11) is 0. The largest absolute Gasteiger partial charge is 0.394 e. The predicted molar refractivity (Wildman–Crippen MR) is 110 cm³/mol. The van der Waals surface area contributed by atoms with Gasteiger partial charge in [-0.2, -0.15) is 0 Å². The zero-order valence-electron chi connectivity index (χ0n) is 18.0. The summed E-state index contributed by atoms with van der Waals surface area (Å²) in [5.74, 6) is 0. The Balaban J connectivity index is 1.72. The second kappa shape index (κ2) is 11.0. The van der Waals surface area contributed by atoms with Crippen molar-refractivity contribution in [2.24, 2.45) is 28.7 Å². The van der Waals surface area contributed by atoms with Gasteiger partial charge in [0, 0.05) is 18.6 Å². The number of aliphatic hydroxyl groups is 6. The maximum Gasteiger partial charge on any atom is 0.186 e. The quantitative estimate of drug-likeness (QED) is 0.167. The summed E-state index contributed by atoms with van der Waals surface area (Å²) in [5.41, 5.74) is 29.6. The Morgan fingerprint density at radius 1 is 0.667 bits per heavy atom. The Labute approximate surface area is 190 Å². The third-order valence-corrected chi connectivity index (χ3v) is 6.56. The summed E-state index contributed by atoms with van der Waals surface area (Å²) in [6.07, 6.45) is -13.9. The van der Waals surface area contributed by atoms with Crippen LogP contribution in [0.2, 0.25) is 0 Å². The maximum absolute atomic E-state index is 11.0. The fourth-order valence-corrected chi connectivity index (χ4v) is 4.45. The molecule has 33 heavy (non-hydrogen) atoms. The molecule has 2 aliphatic heterocycles. The molecule has 15 nitrogen and oxygen atoms in total. The van der Waals surface area contributed by atoms with Gasteiger partial charge in [-0.3, -0.25) is 0 Å². The minimum Gasteiger partial charge on any atom is -0.394 e. The first-order valence-electron chi connectivity index (χ1n) is 10.9. The Morgan fingerprint density at radius 2 is 1.21 bits per heavy atom. The Bertz CT molecular complexity index is 585. The summed E-state index contributed by atoms with van der Waals surface area (Å²) in [6.45, 7) is -0.694. The molecule has 194 valence electrons. The molecule has 3 fully saturated rings. The number of hydrogen-bond donors (Lipinski definition) is 11. The molecule has 3 rings (SSSR count). The van der Waals surface area contributed by atoms with Crippen LogP contribution in [-0.4, -0.2) is 135 Å². The number of hydrogen-bond acceptors (Lipinski definition) is 15. The van der Waals surface area contributed by atoms with Crippen LogP contribution in [0.15, 0.2) is 0 Å². The molecule has 2 saturated heterocycles. The maximum atomic E-state index is 11.0. The number of ether oxygens (including phenoxy) is 4. The van der Waals surface area contributed by atoms with Gasteiger partial charge in [0.25, 0.3) is 0 Å². The van der Waals surface area contributed by atoms with E-state index in [2.05, 4.69) is 0 Å². The van der Waals surface area contributed by atoms with E-state index in [0.29, 0.717) is 0 Å². The van der Waals surface area contributed by atoms with Crippen molar-refractivity contribution in [3.05, 3.63) is 0 Å². The summed E-state index contributed by atoms with van der Waals surface area (Å²) >= 11 is 0. The lowest BCUT2D eigenvalue weighted by atomic mass is 9.84. The van der Waals surface area contributed by atoms with E-state index >= 15 is 0 Å². The SMILES string of the molecule is NCC1O[C@H](OC2C(N)C[C@@H](N)C(O[C@@H]3OC(CO)[C@@H](O)C(N)[C@@H]3O)[C@H]2O)[C@@H](N)C(O)[C@@H]1O. The van der Waals surface area contributed by atoms with E-state index in [-0.39, 0.29) is 13.0 Å². The predicted octanol–water partition coefficient (Wildman–Crippen LogP) is -7.33. The van der Waals surface area contributed by atoms with Crippen molar-refractivity contribution in [2.75, 3.05) is 13.2 Å². The van der Waals surface area contributed by atoms with Gasteiger partial charge in [0.05, 0.1) is 18.7 Å². The lowest BCUT2D eigenvalue weighted by Crippen LogP contribution is -2.69. The molecule has 0 aromatic heterocycles. The van der Waals surface area contributed by atoms with E-state index in [1.54, 1.807) is 0 Å². The van der Waals surface area contributed by atoms with Gasteiger partial charge >= 0.3 is 0 Å². The Kier molecular flexibility index (Phi) is 8.99. The van der Waals surface area contributed by atoms with Crippen LogP contribution < -0.4 is 28.7 Å². The van der Waals surface area contributed by atoms with Crippen molar-refractivity contribution in [3.63, 3.8) is 0 Å². The highest BCUT2D eigenvalue weighted by molar-refractivity contribution is 5.01. The zero-order valence-corrected chi connectivity index (χ0v) is 18.0. The topological polar surface area (TPSA) is 288 Å². The summed E-state index contributed by atoms with van der Waals surface area (Å²) in [6, 6.07) is -3.92. The first kappa shape index (κ1) is 27.0. The normalized spacial score (nSPS) is 53.7. The molecule has 1 aliphatic carbocycles. The molecule has 15 heteroatoms. The second-order valence-electron chi connectivity index (χ2n) is 8.88. The molecule has 0 aromatic rings. The van der Waals surface area contributed by atoms with Gasteiger partial charge in [-0.25, -0.2) is 0 Å². The van der Waals surface area contributed by atoms with Crippen LogP contribution in [0.1, 0.15) is 6.42 Å². The van der Waals surface area contributed by atoms with Gasteiger partial charge in [-0.05, 0) is 6.42 Å². The molecule has 0 aromatic carbocycles. The van der Waals surface area contributed by atoms with Crippen LogP contribution in [0, 0.1) is 0 Å². The summed E-state index contributed by atoms with van der Waals surface area (Å²) in [5, 5.41) is 60.9. The van der Waals surface area contributed by atoms with Crippen molar-refractivity contribution < 1.29 is 49.6 Å². The standard InChI is InChI=1S/C18H37N5O10/c19-2-6-11(26)12(27)9(23)17(30-6)32-15-4(20)1-5(21)16(14(15)29)33-18-13(28)8(22)10(25)7(3-24)31-18/h4-18,24-29H,1-3,19-23H2/t4?,5-,6?,7?,8?,9+,10-,11-,12?,13+,14+,15?,16?,17-,18+/m1/s1. The molecule has 0 spiro atoms. The fourth-order valence-electron chi connectivity index (χ4n) is 4.45. The highest BCUT2D eigenvalue weighted by Gasteiger charge is 2.51. The van der Waals surface area contributed by atoms with E-state index in [9.17, 15) is 30.6 Å². The third kappa shape index (κ3) is 5.32. The second-order valence-corrected chi connectivity index (χ2v) is 8.88. The average molecular weight is 484 g/mol. The Hall–Kier alpha value is -0.600. The first-order valence-corrected chi connectivity index (χ1v) is 10.9. The van der Waals surface area contributed by atoms with Crippen LogP contribution in [0.5, 0.6) is 0 Å².